The molecule has 0 aromatic carbocycles. The molecule has 2 aliphatic rings. The molecule has 1 aliphatic carbocycles. The fourth-order valence-corrected chi connectivity index (χ4v) is 3.66. The van der Waals surface area contributed by atoms with Gasteiger partial charge < -0.3 is 15.3 Å². The lowest BCUT2D eigenvalue weighted by atomic mass is 9.94. The van der Waals surface area contributed by atoms with Gasteiger partial charge >= 0.3 is 12.0 Å². The number of aliphatic carboxylic acids is 1. The lowest BCUT2D eigenvalue weighted by Gasteiger charge is -2.28. The number of hydrogen-bond acceptors (Lipinski definition) is 2. The molecule has 2 N–H and O–H groups in total. The maximum Gasteiger partial charge on any atom is 0.317 e. The number of fused-ring (bicyclic) bond motifs is 2. The van der Waals surface area contributed by atoms with Crippen molar-refractivity contribution in [1.29, 1.82) is 0 Å². The van der Waals surface area contributed by atoms with Crippen LogP contribution >= 0.6 is 0 Å². The predicted octanol–water partition coefficient (Wildman–Crippen LogP) is 2.32. The molecule has 3 atom stereocenters. The number of urea groups is 1. The van der Waals surface area contributed by atoms with Gasteiger partial charge in [0.1, 0.15) is 0 Å². The van der Waals surface area contributed by atoms with Crippen molar-refractivity contribution in [3.63, 3.8) is 0 Å². The van der Waals surface area contributed by atoms with Crippen LogP contribution in [0.3, 0.4) is 0 Å². The molecule has 20 heavy (non-hydrogen) atoms. The van der Waals surface area contributed by atoms with E-state index in [0.29, 0.717) is 24.4 Å². The molecule has 0 spiro atoms. The number of nitrogens with zero attached hydrogens (tertiary/aromatic N) is 1. The third-order valence-corrected chi connectivity index (χ3v) is 4.48. The molecule has 1 saturated heterocycles. The first kappa shape index (κ1) is 15.1. The van der Waals surface area contributed by atoms with E-state index in [9.17, 15) is 9.59 Å². The quantitative estimate of drug-likeness (QED) is 0.785. The number of nitrogens with one attached hydrogen (secondary N) is 1. The molecule has 2 bridgehead atoms. The van der Waals surface area contributed by atoms with Gasteiger partial charge in [-0.3, -0.25) is 4.79 Å². The van der Waals surface area contributed by atoms with Gasteiger partial charge in [0.15, 0.2) is 0 Å². The van der Waals surface area contributed by atoms with Crippen LogP contribution in [0.15, 0.2) is 0 Å². The number of rotatable bonds is 6. The summed E-state index contributed by atoms with van der Waals surface area (Å²) < 4.78 is 0. The number of amides is 2. The molecule has 2 amide bonds. The third kappa shape index (κ3) is 3.87. The van der Waals surface area contributed by atoms with Crippen LogP contribution in [0.4, 0.5) is 4.79 Å². The molecule has 1 heterocycles. The smallest absolute Gasteiger partial charge is 0.317 e. The normalized spacial score (nSPS) is 26.1. The first-order chi connectivity index (χ1) is 9.45. The van der Waals surface area contributed by atoms with Crippen molar-refractivity contribution in [3.05, 3.63) is 0 Å². The average molecular weight is 282 g/mol. The molecular formula is C15H26N2O3. The summed E-state index contributed by atoms with van der Waals surface area (Å²) in [7, 11) is 0. The van der Waals surface area contributed by atoms with Crippen molar-refractivity contribution >= 4 is 12.0 Å². The SMILES string of the molecule is CC(C)C[C@H](CNC(=O)N1CC2CCC1C2)CC(=O)O. The van der Waals surface area contributed by atoms with Crippen molar-refractivity contribution in [2.24, 2.45) is 17.8 Å². The second-order valence-electron chi connectivity index (χ2n) is 6.76. The van der Waals surface area contributed by atoms with Gasteiger partial charge in [0.25, 0.3) is 0 Å². The topological polar surface area (TPSA) is 69.6 Å². The molecule has 2 unspecified atom stereocenters. The summed E-state index contributed by atoms with van der Waals surface area (Å²) in [6.45, 7) is 5.51. The van der Waals surface area contributed by atoms with Gasteiger partial charge in [0.05, 0.1) is 0 Å². The summed E-state index contributed by atoms with van der Waals surface area (Å²) in [6.07, 6.45) is 4.49. The largest absolute Gasteiger partial charge is 0.481 e. The number of hydrogen-bond donors (Lipinski definition) is 2. The van der Waals surface area contributed by atoms with E-state index in [1.54, 1.807) is 0 Å². The third-order valence-electron chi connectivity index (χ3n) is 4.48. The van der Waals surface area contributed by atoms with Crippen molar-refractivity contribution in [2.75, 3.05) is 13.1 Å². The summed E-state index contributed by atoms with van der Waals surface area (Å²) in [4.78, 5) is 25.0. The van der Waals surface area contributed by atoms with E-state index in [2.05, 4.69) is 19.2 Å². The Hall–Kier alpha value is -1.26. The fraction of sp³-hybridized carbons (Fsp3) is 0.867. The van der Waals surface area contributed by atoms with Crippen LogP contribution in [0.2, 0.25) is 0 Å². The van der Waals surface area contributed by atoms with Gasteiger partial charge in [-0.1, -0.05) is 13.8 Å². The summed E-state index contributed by atoms with van der Waals surface area (Å²) in [5.41, 5.74) is 0. The van der Waals surface area contributed by atoms with E-state index in [-0.39, 0.29) is 18.4 Å². The van der Waals surface area contributed by atoms with Gasteiger partial charge in [0.2, 0.25) is 0 Å². The van der Waals surface area contributed by atoms with E-state index in [1.165, 1.54) is 6.42 Å². The minimum Gasteiger partial charge on any atom is -0.481 e. The highest BCUT2D eigenvalue weighted by atomic mass is 16.4. The molecular weight excluding hydrogens is 256 g/mol. The van der Waals surface area contributed by atoms with Crippen LogP contribution in [0.1, 0.15) is 46.0 Å². The summed E-state index contributed by atoms with van der Waals surface area (Å²) in [6, 6.07) is 0.416. The van der Waals surface area contributed by atoms with Crippen molar-refractivity contribution in [1.82, 2.24) is 10.2 Å². The second-order valence-corrected chi connectivity index (χ2v) is 6.76. The minimum absolute atomic E-state index is 0.00338. The van der Waals surface area contributed by atoms with Crippen molar-refractivity contribution in [2.45, 2.75) is 52.0 Å². The Balaban J connectivity index is 1.79. The summed E-state index contributed by atoms with van der Waals surface area (Å²) in [5, 5.41) is 11.9. The molecule has 1 aliphatic heterocycles. The Kier molecular flexibility index (Phi) is 4.89. The molecule has 5 heteroatoms. The molecule has 1 saturated carbocycles. The Morgan fingerprint density at radius 1 is 1.35 bits per heavy atom. The molecule has 5 nitrogen and oxygen atoms in total. The van der Waals surface area contributed by atoms with Crippen LogP contribution in [-0.4, -0.2) is 41.1 Å². The number of carboxylic acid groups (broad SMARTS) is 1. The highest BCUT2D eigenvalue weighted by Crippen LogP contribution is 2.37. The number of carbonyl (C=O) groups excluding carboxylic acids is 1. The first-order valence-corrected chi connectivity index (χ1v) is 7.72. The average Bonchev–Trinajstić information content (AvgIpc) is 2.96. The number of carbonyl (C=O) groups is 2. The van der Waals surface area contributed by atoms with Gasteiger partial charge in [-0.05, 0) is 43.4 Å². The Bertz CT molecular complexity index is 370. The van der Waals surface area contributed by atoms with Crippen molar-refractivity contribution < 1.29 is 14.7 Å². The minimum atomic E-state index is -0.787. The zero-order chi connectivity index (χ0) is 14.7. The maximum absolute atomic E-state index is 12.2. The van der Waals surface area contributed by atoms with Crippen LogP contribution < -0.4 is 5.32 Å². The van der Waals surface area contributed by atoms with Gasteiger partial charge in [-0.2, -0.15) is 0 Å². The lowest BCUT2D eigenvalue weighted by Crippen LogP contribution is -2.45. The molecule has 2 rings (SSSR count). The highest BCUT2D eigenvalue weighted by molar-refractivity contribution is 5.75. The molecule has 114 valence electrons. The number of likely N-dealkylation sites (tertiary alicyclic amines) is 1. The van der Waals surface area contributed by atoms with Crippen molar-refractivity contribution in [3.8, 4) is 0 Å². The Labute approximate surface area is 120 Å². The monoisotopic (exact) mass is 282 g/mol. The zero-order valence-corrected chi connectivity index (χ0v) is 12.5. The van der Waals surface area contributed by atoms with E-state index in [1.807, 2.05) is 4.90 Å². The standard InChI is InChI=1S/C15H26N2O3/c1-10(2)5-12(7-14(18)19)8-16-15(20)17-9-11-3-4-13(17)6-11/h10-13H,3-9H2,1-2H3,(H,16,20)(H,18,19)/t11?,12-,13?/m0/s1. The molecule has 0 aromatic heterocycles. The maximum atomic E-state index is 12.2. The Morgan fingerprint density at radius 3 is 2.60 bits per heavy atom. The van der Waals surface area contributed by atoms with Crippen LogP contribution in [-0.2, 0) is 4.79 Å². The van der Waals surface area contributed by atoms with E-state index < -0.39 is 5.97 Å². The molecule has 0 aromatic rings. The highest BCUT2D eigenvalue weighted by Gasteiger charge is 2.40. The summed E-state index contributed by atoms with van der Waals surface area (Å²) >= 11 is 0. The summed E-state index contributed by atoms with van der Waals surface area (Å²) in [5.74, 6) is 0.372. The lowest BCUT2D eigenvalue weighted by molar-refractivity contribution is -0.138. The zero-order valence-electron chi connectivity index (χ0n) is 12.5. The van der Waals surface area contributed by atoms with Crippen LogP contribution in [0.25, 0.3) is 0 Å². The van der Waals surface area contributed by atoms with Gasteiger partial charge in [-0.25, -0.2) is 4.79 Å². The first-order valence-electron chi connectivity index (χ1n) is 7.72. The molecule has 0 radical (unpaired) electrons. The van der Waals surface area contributed by atoms with E-state index >= 15 is 0 Å². The fourth-order valence-electron chi connectivity index (χ4n) is 3.66. The Morgan fingerprint density at radius 2 is 2.10 bits per heavy atom. The molecule has 2 fully saturated rings. The van der Waals surface area contributed by atoms with Gasteiger partial charge in [-0.15, -0.1) is 0 Å². The van der Waals surface area contributed by atoms with Crippen LogP contribution in [0.5, 0.6) is 0 Å². The van der Waals surface area contributed by atoms with Crippen LogP contribution in [0, 0.1) is 17.8 Å². The van der Waals surface area contributed by atoms with Gasteiger partial charge in [0, 0.05) is 25.6 Å². The predicted molar refractivity (Wildman–Crippen MR) is 76.4 cm³/mol. The van der Waals surface area contributed by atoms with E-state index in [4.69, 9.17) is 5.11 Å². The second kappa shape index (κ2) is 6.46. The number of carboxylic acids is 1. The van der Waals surface area contributed by atoms with E-state index in [0.717, 1.165) is 25.8 Å². The number of piperidine rings is 1.